The number of carbonyl (C=O) groups excluding carboxylic acids is 2. The molecule has 0 heterocycles. The van der Waals surface area contributed by atoms with Crippen molar-refractivity contribution in [3.05, 3.63) is 101 Å². The second kappa shape index (κ2) is 11.6. The molecule has 1 atom stereocenters. The fraction of sp³-hybridized carbons (Fsp3) is 0.310. The number of nitrogens with zero attached hydrogens (tertiary/aromatic N) is 1. The Bertz CT molecular complexity index is 1110. The molecule has 0 aromatic heterocycles. The van der Waals surface area contributed by atoms with E-state index in [9.17, 15) is 14.0 Å². The van der Waals surface area contributed by atoms with Gasteiger partial charge in [0.15, 0.2) is 6.61 Å². The molecule has 0 radical (unpaired) electrons. The van der Waals surface area contributed by atoms with Gasteiger partial charge in [-0.05, 0) is 46.4 Å². The summed E-state index contributed by atoms with van der Waals surface area (Å²) in [5.74, 6) is -0.397. The molecule has 0 aliphatic rings. The highest BCUT2D eigenvalue weighted by Gasteiger charge is 2.30. The number of carbonyl (C=O) groups is 2. The zero-order valence-electron chi connectivity index (χ0n) is 20.8. The van der Waals surface area contributed by atoms with E-state index < -0.39 is 6.04 Å². The lowest BCUT2D eigenvalue weighted by molar-refractivity contribution is -0.142. The smallest absolute Gasteiger partial charge is 0.261 e. The van der Waals surface area contributed by atoms with Crippen LogP contribution in [-0.4, -0.2) is 36.4 Å². The monoisotopic (exact) mass is 476 g/mol. The molecule has 3 rings (SSSR count). The first-order chi connectivity index (χ1) is 16.7. The largest absolute Gasteiger partial charge is 0.484 e. The van der Waals surface area contributed by atoms with Crippen LogP contribution in [0.5, 0.6) is 5.75 Å². The number of halogens is 1. The van der Waals surface area contributed by atoms with E-state index >= 15 is 0 Å². The molecule has 0 fully saturated rings. The van der Waals surface area contributed by atoms with Gasteiger partial charge in [-0.1, -0.05) is 75.4 Å². The van der Waals surface area contributed by atoms with E-state index in [1.807, 2.05) is 54.6 Å². The van der Waals surface area contributed by atoms with E-state index in [4.69, 9.17) is 4.74 Å². The van der Waals surface area contributed by atoms with Crippen LogP contribution >= 0.6 is 0 Å². The van der Waals surface area contributed by atoms with Gasteiger partial charge in [0, 0.05) is 20.0 Å². The lowest BCUT2D eigenvalue weighted by atomic mass is 9.87. The normalized spacial score (nSPS) is 12.0. The van der Waals surface area contributed by atoms with Gasteiger partial charge in [0.25, 0.3) is 5.91 Å². The third kappa shape index (κ3) is 7.41. The van der Waals surface area contributed by atoms with E-state index in [-0.39, 0.29) is 36.2 Å². The molecule has 0 aliphatic carbocycles. The molecule has 0 aliphatic heterocycles. The van der Waals surface area contributed by atoms with Crippen LogP contribution in [0.4, 0.5) is 4.39 Å². The maximum absolute atomic E-state index is 13.5. The van der Waals surface area contributed by atoms with Crippen LogP contribution in [0.15, 0.2) is 78.9 Å². The highest BCUT2D eigenvalue weighted by molar-refractivity contribution is 5.88. The number of ether oxygens (including phenoxy) is 1. The molecule has 0 unspecified atom stereocenters. The Hall–Kier alpha value is -3.67. The fourth-order valence-electron chi connectivity index (χ4n) is 3.79. The van der Waals surface area contributed by atoms with Gasteiger partial charge in [-0.3, -0.25) is 9.59 Å². The molecule has 1 N–H and O–H groups in total. The number of hydrogen-bond acceptors (Lipinski definition) is 3. The van der Waals surface area contributed by atoms with Gasteiger partial charge >= 0.3 is 0 Å². The molecule has 184 valence electrons. The second-order valence-corrected chi connectivity index (χ2v) is 9.53. The van der Waals surface area contributed by atoms with Gasteiger partial charge < -0.3 is 15.0 Å². The highest BCUT2D eigenvalue weighted by Crippen LogP contribution is 2.24. The number of hydrogen-bond donors (Lipinski definition) is 1. The second-order valence-electron chi connectivity index (χ2n) is 9.53. The summed E-state index contributed by atoms with van der Waals surface area (Å²) >= 11 is 0. The first-order valence-corrected chi connectivity index (χ1v) is 11.7. The van der Waals surface area contributed by atoms with E-state index in [0.29, 0.717) is 12.2 Å². The van der Waals surface area contributed by atoms with E-state index in [0.717, 1.165) is 16.7 Å². The molecular weight excluding hydrogens is 443 g/mol. The molecule has 0 bridgehead atoms. The van der Waals surface area contributed by atoms with Crippen molar-refractivity contribution < 1.29 is 18.7 Å². The van der Waals surface area contributed by atoms with Crippen LogP contribution in [0.2, 0.25) is 0 Å². The summed E-state index contributed by atoms with van der Waals surface area (Å²) in [7, 11) is 1.55. The van der Waals surface area contributed by atoms with Crippen LogP contribution < -0.4 is 10.1 Å². The Balaban J connectivity index is 1.83. The Morgan fingerprint density at radius 1 is 0.914 bits per heavy atom. The van der Waals surface area contributed by atoms with E-state index in [1.54, 1.807) is 19.2 Å². The lowest BCUT2D eigenvalue weighted by Crippen LogP contribution is -2.51. The summed E-state index contributed by atoms with van der Waals surface area (Å²) in [6, 6.07) is 22.4. The SMILES string of the molecule is CNC(=O)[C@@H](Cc1ccccc1)N(Cc1ccc(F)cc1)C(=O)COc1ccc(C(C)(C)C)cc1. The van der Waals surface area contributed by atoms with Gasteiger partial charge in [-0.2, -0.15) is 0 Å². The molecule has 3 aromatic carbocycles. The summed E-state index contributed by atoms with van der Waals surface area (Å²) < 4.78 is 19.3. The predicted molar refractivity (Wildman–Crippen MR) is 136 cm³/mol. The van der Waals surface area contributed by atoms with Crippen molar-refractivity contribution in [1.29, 1.82) is 0 Å². The lowest BCUT2D eigenvalue weighted by Gasteiger charge is -2.31. The number of rotatable bonds is 9. The Morgan fingerprint density at radius 2 is 1.54 bits per heavy atom. The van der Waals surface area contributed by atoms with Gasteiger partial charge in [0.2, 0.25) is 5.91 Å². The van der Waals surface area contributed by atoms with E-state index in [2.05, 4.69) is 26.1 Å². The molecule has 3 aromatic rings. The zero-order valence-corrected chi connectivity index (χ0v) is 20.8. The molecule has 35 heavy (non-hydrogen) atoms. The first kappa shape index (κ1) is 25.9. The molecule has 0 saturated carbocycles. The Morgan fingerprint density at radius 3 is 2.11 bits per heavy atom. The highest BCUT2D eigenvalue weighted by atomic mass is 19.1. The van der Waals surface area contributed by atoms with Crippen molar-refractivity contribution in [2.45, 2.75) is 45.2 Å². The minimum atomic E-state index is -0.758. The summed E-state index contributed by atoms with van der Waals surface area (Å²) in [5, 5.41) is 2.68. The zero-order chi connectivity index (χ0) is 25.4. The topological polar surface area (TPSA) is 58.6 Å². The third-order valence-corrected chi connectivity index (χ3v) is 5.87. The maximum atomic E-state index is 13.5. The number of benzene rings is 3. The Kier molecular flexibility index (Phi) is 8.63. The summed E-state index contributed by atoms with van der Waals surface area (Å²) in [5.41, 5.74) is 2.82. The van der Waals surface area contributed by atoms with Gasteiger partial charge in [-0.15, -0.1) is 0 Å². The van der Waals surface area contributed by atoms with Crippen LogP contribution in [-0.2, 0) is 28.0 Å². The Labute approximate surface area is 206 Å². The van der Waals surface area contributed by atoms with Crippen LogP contribution in [0.3, 0.4) is 0 Å². The van der Waals surface area contributed by atoms with Crippen molar-refractivity contribution in [3.63, 3.8) is 0 Å². The van der Waals surface area contributed by atoms with Crippen molar-refractivity contribution in [3.8, 4) is 5.75 Å². The first-order valence-electron chi connectivity index (χ1n) is 11.7. The molecule has 0 spiro atoms. The van der Waals surface area contributed by atoms with Crippen molar-refractivity contribution in [2.75, 3.05) is 13.7 Å². The summed E-state index contributed by atoms with van der Waals surface area (Å²) in [6.07, 6.45) is 0.341. The van der Waals surface area contributed by atoms with Crippen molar-refractivity contribution in [2.24, 2.45) is 0 Å². The number of amides is 2. The maximum Gasteiger partial charge on any atom is 0.261 e. The molecule has 6 heteroatoms. The minimum absolute atomic E-state index is 0.0124. The van der Waals surface area contributed by atoms with Gasteiger partial charge in [0.1, 0.15) is 17.6 Å². The van der Waals surface area contributed by atoms with Crippen molar-refractivity contribution in [1.82, 2.24) is 10.2 Å². The quantitative estimate of drug-likeness (QED) is 0.479. The number of nitrogens with one attached hydrogen (secondary N) is 1. The van der Waals surface area contributed by atoms with Crippen LogP contribution in [0.25, 0.3) is 0 Å². The van der Waals surface area contributed by atoms with Crippen LogP contribution in [0, 0.1) is 5.82 Å². The molecular formula is C29H33FN2O3. The summed E-state index contributed by atoms with van der Waals surface area (Å²) in [6.45, 7) is 6.32. The van der Waals surface area contributed by atoms with Gasteiger partial charge in [0.05, 0.1) is 0 Å². The predicted octanol–water partition coefficient (Wildman–Crippen LogP) is 4.89. The third-order valence-electron chi connectivity index (χ3n) is 5.87. The number of likely N-dealkylation sites (N-methyl/N-ethyl adjacent to an activating group) is 1. The van der Waals surface area contributed by atoms with Gasteiger partial charge in [-0.25, -0.2) is 4.39 Å². The van der Waals surface area contributed by atoms with E-state index in [1.165, 1.54) is 17.0 Å². The average molecular weight is 477 g/mol. The minimum Gasteiger partial charge on any atom is -0.484 e. The summed E-state index contributed by atoms with van der Waals surface area (Å²) in [4.78, 5) is 27.8. The van der Waals surface area contributed by atoms with Crippen LogP contribution in [0.1, 0.15) is 37.5 Å². The average Bonchev–Trinajstić information content (AvgIpc) is 2.85. The molecule has 5 nitrogen and oxygen atoms in total. The standard InChI is InChI=1S/C29H33FN2O3/c1-29(2,3)23-12-16-25(17-13-23)35-20-27(33)32(19-22-10-14-24(30)15-11-22)26(28(34)31-4)18-21-8-6-5-7-9-21/h5-17,26H,18-20H2,1-4H3,(H,31,34)/t26-/m1/s1. The molecule has 2 amide bonds. The molecule has 0 saturated heterocycles. The van der Waals surface area contributed by atoms with Crippen molar-refractivity contribution >= 4 is 11.8 Å². The fourth-order valence-corrected chi connectivity index (χ4v) is 3.79.